The molecule has 0 saturated carbocycles. The van der Waals surface area contributed by atoms with Crippen molar-refractivity contribution in [2.75, 3.05) is 0 Å². The van der Waals surface area contributed by atoms with Gasteiger partial charge in [-0.2, -0.15) is 0 Å². The summed E-state index contributed by atoms with van der Waals surface area (Å²) in [5.74, 6) is -1.59. The van der Waals surface area contributed by atoms with Crippen LogP contribution in [0, 0.1) is 19.3 Å². The molecule has 2 rings (SSSR count). The first-order chi connectivity index (χ1) is 9.02. The molecule has 0 saturated heterocycles. The minimum Gasteiger partial charge on any atom is -0.478 e. The summed E-state index contributed by atoms with van der Waals surface area (Å²) in [5, 5.41) is 8.91. The molecular formula is C14H9FN2O2. The molecule has 0 spiro atoms. The normalized spacial score (nSPS) is 9.95. The van der Waals surface area contributed by atoms with E-state index in [1.165, 1.54) is 37.4 Å². The number of rotatable bonds is 2. The van der Waals surface area contributed by atoms with Crippen LogP contribution in [0.4, 0.5) is 10.1 Å². The van der Waals surface area contributed by atoms with Crippen LogP contribution in [-0.4, -0.2) is 16.1 Å². The predicted molar refractivity (Wildman–Crippen MR) is 67.6 cm³/mol. The largest absolute Gasteiger partial charge is 0.478 e. The van der Waals surface area contributed by atoms with E-state index < -0.39 is 11.8 Å². The molecule has 0 aliphatic carbocycles. The molecule has 0 atom stereocenters. The zero-order valence-corrected chi connectivity index (χ0v) is 10.0. The van der Waals surface area contributed by atoms with E-state index in [4.69, 9.17) is 11.7 Å². The molecule has 2 aromatic rings. The monoisotopic (exact) mass is 256 g/mol. The fourth-order valence-corrected chi connectivity index (χ4v) is 1.65. The summed E-state index contributed by atoms with van der Waals surface area (Å²) in [6, 6.07) is 5.45. The third-order valence-corrected chi connectivity index (χ3v) is 2.74. The van der Waals surface area contributed by atoms with Crippen molar-refractivity contribution in [2.45, 2.75) is 6.92 Å². The molecular weight excluding hydrogens is 247 g/mol. The fourth-order valence-electron chi connectivity index (χ4n) is 1.65. The van der Waals surface area contributed by atoms with E-state index in [0.29, 0.717) is 11.3 Å². The Morgan fingerprint density at radius 3 is 2.79 bits per heavy atom. The highest BCUT2D eigenvalue weighted by Crippen LogP contribution is 2.28. The fraction of sp³-hybridized carbons (Fsp3) is 0.0714. The van der Waals surface area contributed by atoms with Gasteiger partial charge in [0.05, 0.1) is 17.8 Å². The van der Waals surface area contributed by atoms with E-state index in [1.54, 1.807) is 0 Å². The van der Waals surface area contributed by atoms with E-state index in [2.05, 4.69) is 9.83 Å². The Hall–Kier alpha value is -2.74. The van der Waals surface area contributed by atoms with Crippen LogP contribution in [0.15, 0.2) is 30.5 Å². The Morgan fingerprint density at radius 2 is 2.16 bits per heavy atom. The quantitative estimate of drug-likeness (QED) is 0.837. The molecule has 0 radical (unpaired) electrons. The van der Waals surface area contributed by atoms with Crippen LogP contribution in [0.1, 0.15) is 15.9 Å². The maximum Gasteiger partial charge on any atom is 0.335 e. The van der Waals surface area contributed by atoms with Gasteiger partial charge in [-0.05, 0) is 42.3 Å². The van der Waals surface area contributed by atoms with E-state index >= 15 is 0 Å². The van der Waals surface area contributed by atoms with Crippen LogP contribution in [0.2, 0.25) is 0 Å². The summed E-state index contributed by atoms with van der Waals surface area (Å²) >= 11 is 0. The zero-order chi connectivity index (χ0) is 14.0. The van der Waals surface area contributed by atoms with E-state index in [-0.39, 0.29) is 16.8 Å². The van der Waals surface area contributed by atoms with Crippen molar-refractivity contribution in [3.05, 3.63) is 58.8 Å². The summed E-state index contributed by atoms with van der Waals surface area (Å²) in [6.45, 7) is 8.52. The van der Waals surface area contributed by atoms with Crippen molar-refractivity contribution in [2.24, 2.45) is 0 Å². The van der Waals surface area contributed by atoms with Crippen molar-refractivity contribution in [1.82, 2.24) is 4.98 Å². The number of hydrogen-bond donors (Lipinski definition) is 1. The van der Waals surface area contributed by atoms with Crippen molar-refractivity contribution in [3.8, 4) is 11.3 Å². The summed E-state index contributed by atoms with van der Waals surface area (Å²) in [7, 11) is 0. The van der Waals surface area contributed by atoms with Crippen LogP contribution < -0.4 is 0 Å². The van der Waals surface area contributed by atoms with Gasteiger partial charge in [0, 0.05) is 6.20 Å². The topological polar surface area (TPSA) is 54.5 Å². The van der Waals surface area contributed by atoms with Crippen molar-refractivity contribution >= 4 is 11.7 Å². The third kappa shape index (κ3) is 2.43. The van der Waals surface area contributed by atoms with Crippen LogP contribution in [0.5, 0.6) is 0 Å². The second-order valence-electron chi connectivity index (χ2n) is 3.95. The third-order valence-electron chi connectivity index (χ3n) is 2.74. The Labute approximate surface area is 109 Å². The number of aromatic carboxylic acids is 1. The number of hydrogen-bond acceptors (Lipinski definition) is 2. The number of nitrogens with zero attached hydrogens (tertiary/aromatic N) is 2. The molecule has 1 N–H and O–H groups in total. The minimum atomic E-state index is -1.08. The minimum absolute atomic E-state index is 0.0651. The number of halogens is 1. The number of carboxylic acid groups (broad SMARTS) is 1. The van der Waals surface area contributed by atoms with Gasteiger partial charge in [0.1, 0.15) is 5.82 Å². The first-order valence-corrected chi connectivity index (χ1v) is 5.40. The summed E-state index contributed by atoms with van der Waals surface area (Å²) in [4.78, 5) is 18.1. The Morgan fingerprint density at radius 1 is 1.42 bits per heavy atom. The molecule has 1 aromatic heterocycles. The zero-order valence-electron chi connectivity index (χ0n) is 10.0. The summed E-state index contributed by atoms with van der Waals surface area (Å²) in [5.41, 5.74) is 1.24. The van der Waals surface area contributed by atoms with Crippen molar-refractivity contribution in [1.29, 1.82) is 0 Å². The lowest BCUT2D eigenvalue weighted by Gasteiger charge is -2.06. The van der Waals surface area contributed by atoms with Crippen molar-refractivity contribution < 1.29 is 14.3 Å². The summed E-state index contributed by atoms with van der Waals surface area (Å²) < 4.78 is 13.7. The van der Waals surface area contributed by atoms with Gasteiger partial charge in [-0.1, -0.05) is 0 Å². The van der Waals surface area contributed by atoms with Gasteiger partial charge in [0.15, 0.2) is 5.69 Å². The number of benzene rings is 1. The second kappa shape index (κ2) is 4.86. The van der Waals surface area contributed by atoms with Crippen LogP contribution in [-0.2, 0) is 0 Å². The molecule has 0 aliphatic rings. The van der Waals surface area contributed by atoms with Crippen LogP contribution in [0.3, 0.4) is 0 Å². The molecule has 0 aliphatic heterocycles. The van der Waals surface area contributed by atoms with Gasteiger partial charge in [0.2, 0.25) is 0 Å². The highest BCUT2D eigenvalue weighted by atomic mass is 19.1. The second-order valence-corrected chi connectivity index (χ2v) is 3.95. The molecule has 4 nitrogen and oxygen atoms in total. The lowest BCUT2D eigenvalue weighted by Crippen LogP contribution is -1.97. The average molecular weight is 256 g/mol. The van der Waals surface area contributed by atoms with Gasteiger partial charge in [-0.25, -0.2) is 14.0 Å². The number of aromatic nitrogens is 1. The number of pyridine rings is 1. The Bertz CT molecular complexity index is 705. The molecule has 0 bridgehead atoms. The Balaban J connectivity index is 2.60. The Kier molecular flexibility index (Phi) is 3.25. The predicted octanol–water partition coefficient (Wildman–Crippen LogP) is 3.45. The van der Waals surface area contributed by atoms with Crippen LogP contribution in [0.25, 0.3) is 16.1 Å². The van der Waals surface area contributed by atoms with Crippen molar-refractivity contribution in [3.63, 3.8) is 0 Å². The summed E-state index contributed by atoms with van der Waals surface area (Å²) in [6.07, 6.45) is 1.34. The molecule has 0 unspecified atom stereocenters. The van der Waals surface area contributed by atoms with Crippen LogP contribution >= 0.6 is 0 Å². The maximum absolute atomic E-state index is 13.7. The molecule has 0 fully saturated rings. The first-order valence-electron chi connectivity index (χ1n) is 5.40. The highest BCUT2D eigenvalue weighted by Gasteiger charge is 2.11. The van der Waals surface area contributed by atoms with E-state index in [1.807, 2.05) is 0 Å². The van der Waals surface area contributed by atoms with E-state index in [0.717, 1.165) is 0 Å². The molecule has 5 heteroatoms. The van der Waals surface area contributed by atoms with Gasteiger partial charge >= 0.3 is 5.97 Å². The highest BCUT2D eigenvalue weighted by molar-refractivity contribution is 5.89. The van der Waals surface area contributed by atoms with E-state index in [9.17, 15) is 9.18 Å². The maximum atomic E-state index is 13.7. The van der Waals surface area contributed by atoms with Gasteiger partial charge in [0.25, 0.3) is 0 Å². The molecule has 19 heavy (non-hydrogen) atoms. The van der Waals surface area contributed by atoms with Gasteiger partial charge in [-0.15, -0.1) is 0 Å². The standard InChI is InChI=1S/C14H9FN2O2/c1-8-11(15)5-10(7-12(8)16-2)13-6-9(14(18)19)3-4-17-13/h3-7H,1H3,(H,18,19). The first kappa shape index (κ1) is 12.7. The SMILES string of the molecule is [C-]#[N+]c1cc(-c2cc(C(=O)O)ccn2)cc(F)c1C. The smallest absolute Gasteiger partial charge is 0.335 e. The number of carboxylic acids is 1. The lowest BCUT2D eigenvalue weighted by atomic mass is 10.1. The molecule has 0 amide bonds. The van der Waals surface area contributed by atoms with Gasteiger partial charge in [-0.3, -0.25) is 4.98 Å². The average Bonchev–Trinajstić information content (AvgIpc) is 2.41. The number of carbonyl (C=O) groups is 1. The van der Waals surface area contributed by atoms with Gasteiger partial charge < -0.3 is 5.11 Å². The molecule has 1 aromatic carbocycles. The lowest BCUT2D eigenvalue weighted by molar-refractivity contribution is 0.0697. The molecule has 1 heterocycles. The molecule has 94 valence electrons.